The molecule has 0 saturated heterocycles. The van der Waals surface area contributed by atoms with Gasteiger partial charge in [-0.05, 0) is 136 Å². The standard InChI is InChI=1S/C52H89NSi/c1-13-16-19-20-21-22-23-24-25-26-27-28-31-51(10)38-41-34-44-45-37-43-40(29-30-48(43)54(11,12)53(49(4,5)6)50(7,8)9)35-46(45)52(32-17-14-2,33-18-15-3)47(44)36-42(41)39-51/h34-37,40,43,48H,13-33,38-39H2,1-12H3. The van der Waals surface area contributed by atoms with Crippen LogP contribution in [0.15, 0.2) is 29.9 Å². The Bertz CT molecular complexity index is 1410. The van der Waals surface area contributed by atoms with Crippen molar-refractivity contribution in [3.63, 3.8) is 0 Å². The first-order chi connectivity index (χ1) is 25.5. The molecule has 306 valence electrons. The summed E-state index contributed by atoms with van der Waals surface area (Å²) in [5.74, 6) is 1.40. The average molecular weight is 756 g/mol. The fourth-order valence-electron chi connectivity index (χ4n) is 13.4. The second kappa shape index (κ2) is 18.2. The van der Waals surface area contributed by atoms with E-state index in [9.17, 15) is 0 Å². The number of rotatable bonds is 21. The van der Waals surface area contributed by atoms with Crippen molar-refractivity contribution in [3.05, 3.63) is 52.1 Å². The van der Waals surface area contributed by atoms with Gasteiger partial charge < -0.3 is 4.57 Å². The highest BCUT2D eigenvalue weighted by Crippen LogP contribution is 2.63. The highest BCUT2D eigenvalue weighted by atomic mass is 28.3. The first-order valence-electron chi connectivity index (χ1n) is 23.9. The maximum absolute atomic E-state index is 3.01. The van der Waals surface area contributed by atoms with Crippen LogP contribution in [0.25, 0.3) is 5.57 Å². The van der Waals surface area contributed by atoms with Gasteiger partial charge in [-0.1, -0.05) is 174 Å². The van der Waals surface area contributed by atoms with E-state index >= 15 is 0 Å². The van der Waals surface area contributed by atoms with E-state index in [1.807, 2.05) is 0 Å². The van der Waals surface area contributed by atoms with Gasteiger partial charge in [-0.3, -0.25) is 0 Å². The van der Waals surface area contributed by atoms with E-state index in [-0.39, 0.29) is 16.5 Å². The largest absolute Gasteiger partial charge is 0.314 e. The van der Waals surface area contributed by atoms with Gasteiger partial charge in [0, 0.05) is 16.5 Å². The summed E-state index contributed by atoms with van der Waals surface area (Å²) >= 11 is 0. The summed E-state index contributed by atoms with van der Waals surface area (Å²) < 4.78 is 3.01. The molecule has 5 rings (SSSR count). The lowest BCUT2D eigenvalue weighted by Gasteiger charge is -2.57. The van der Waals surface area contributed by atoms with E-state index in [4.69, 9.17) is 0 Å². The number of fused-ring (bicyclic) bond motifs is 5. The molecule has 0 aromatic heterocycles. The maximum atomic E-state index is 3.01. The summed E-state index contributed by atoms with van der Waals surface area (Å²) in [4.78, 5) is 0. The quantitative estimate of drug-likeness (QED) is 0.0892. The lowest BCUT2D eigenvalue weighted by atomic mass is 9.68. The van der Waals surface area contributed by atoms with Gasteiger partial charge in [-0.15, -0.1) is 0 Å². The third kappa shape index (κ3) is 9.59. The van der Waals surface area contributed by atoms with Gasteiger partial charge in [-0.25, -0.2) is 0 Å². The van der Waals surface area contributed by atoms with Gasteiger partial charge in [-0.2, -0.15) is 0 Å². The van der Waals surface area contributed by atoms with Gasteiger partial charge in [0.05, 0.1) is 0 Å². The van der Waals surface area contributed by atoms with Crippen LogP contribution >= 0.6 is 0 Å². The Kier molecular flexibility index (Phi) is 14.8. The predicted octanol–water partition coefficient (Wildman–Crippen LogP) is 16.3. The van der Waals surface area contributed by atoms with Gasteiger partial charge in [0.2, 0.25) is 0 Å². The summed E-state index contributed by atoms with van der Waals surface area (Å²) in [5, 5.41) is 0. The smallest absolute Gasteiger partial charge is 0.126 e. The van der Waals surface area contributed by atoms with E-state index in [2.05, 4.69) is 111 Å². The van der Waals surface area contributed by atoms with Crippen LogP contribution in [0.5, 0.6) is 0 Å². The molecule has 0 bridgehead atoms. The third-order valence-corrected chi connectivity index (χ3v) is 20.1. The molecular weight excluding hydrogens is 667 g/mol. The number of benzene rings is 1. The average Bonchev–Trinajstić information content (AvgIpc) is 3.73. The maximum Gasteiger partial charge on any atom is 0.126 e. The van der Waals surface area contributed by atoms with Crippen molar-refractivity contribution in [1.29, 1.82) is 0 Å². The van der Waals surface area contributed by atoms with Crippen molar-refractivity contribution in [1.82, 2.24) is 4.57 Å². The van der Waals surface area contributed by atoms with Crippen molar-refractivity contribution < 1.29 is 0 Å². The third-order valence-electron chi connectivity index (χ3n) is 15.1. The van der Waals surface area contributed by atoms with Crippen molar-refractivity contribution in [2.75, 3.05) is 0 Å². The van der Waals surface area contributed by atoms with Gasteiger partial charge >= 0.3 is 0 Å². The minimum Gasteiger partial charge on any atom is -0.314 e. The van der Waals surface area contributed by atoms with Crippen molar-refractivity contribution in [3.8, 4) is 0 Å². The lowest BCUT2D eigenvalue weighted by Crippen LogP contribution is -2.67. The number of nitrogens with zero attached hydrogens (tertiary/aromatic N) is 1. The molecule has 1 saturated carbocycles. The molecule has 0 spiro atoms. The van der Waals surface area contributed by atoms with Crippen LogP contribution in [-0.2, 0) is 18.3 Å². The predicted molar refractivity (Wildman–Crippen MR) is 243 cm³/mol. The SMILES string of the molecule is CCCCCCCCCCCCCCC1(C)Cc2cc3c(cc2C1)C(CCCC)(CCCC)C1=CC2CCC([Si](C)(C)N(C(C)(C)C)C(C)(C)C)C2C=C13. The number of allylic oxidation sites excluding steroid dienone is 4. The van der Waals surface area contributed by atoms with Crippen LogP contribution < -0.4 is 0 Å². The van der Waals surface area contributed by atoms with Gasteiger partial charge in [0.1, 0.15) is 8.24 Å². The molecule has 0 heterocycles. The van der Waals surface area contributed by atoms with E-state index in [1.54, 1.807) is 33.4 Å². The normalized spacial score (nSPS) is 24.7. The van der Waals surface area contributed by atoms with E-state index < -0.39 is 8.24 Å². The Morgan fingerprint density at radius 1 is 0.630 bits per heavy atom. The minimum absolute atomic E-state index is 0.171. The summed E-state index contributed by atoms with van der Waals surface area (Å²) in [6, 6.07) is 5.59. The summed E-state index contributed by atoms with van der Waals surface area (Å²) in [7, 11) is -1.80. The first-order valence-corrected chi connectivity index (χ1v) is 27.0. The molecule has 4 unspecified atom stereocenters. The molecule has 0 radical (unpaired) electrons. The lowest BCUT2D eigenvalue weighted by molar-refractivity contribution is 0.122. The molecule has 0 amide bonds. The van der Waals surface area contributed by atoms with E-state index in [0.717, 1.165) is 5.54 Å². The first kappa shape index (κ1) is 44.0. The number of hydrogen-bond donors (Lipinski definition) is 0. The van der Waals surface area contributed by atoms with Crippen LogP contribution in [-0.4, -0.2) is 23.9 Å². The Balaban J connectivity index is 1.36. The van der Waals surface area contributed by atoms with E-state index in [0.29, 0.717) is 17.3 Å². The summed E-state index contributed by atoms with van der Waals surface area (Å²) in [6.45, 7) is 30.1. The number of unbranched alkanes of at least 4 members (excludes halogenated alkanes) is 13. The molecule has 1 nitrogen and oxygen atoms in total. The van der Waals surface area contributed by atoms with Crippen LogP contribution in [0.1, 0.15) is 226 Å². The second-order valence-electron chi connectivity index (χ2n) is 22.2. The van der Waals surface area contributed by atoms with Gasteiger partial charge in [0.25, 0.3) is 0 Å². The van der Waals surface area contributed by atoms with Crippen molar-refractivity contribution in [2.45, 2.75) is 252 Å². The van der Waals surface area contributed by atoms with Gasteiger partial charge in [0.15, 0.2) is 0 Å². The Hall–Kier alpha value is -1.12. The molecule has 1 fully saturated rings. The number of hydrogen-bond acceptors (Lipinski definition) is 1. The zero-order valence-corrected chi connectivity index (χ0v) is 39.3. The highest BCUT2D eigenvalue weighted by molar-refractivity contribution is 6.76. The van der Waals surface area contributed by atoms with Crippen molar-refractivity contribution >= 4 is 13.8 Å². The zero-order chi connectivity index (χ0) is 39.4. The van der Waals surface area contributed by atoms with E-state index in [1.165, 1.54) is 148 Å². The fraction of sp³-hybridized carbons (Fsp3) is 0.808. The minimum atomic E-state index is -1.80. The molecule has 0 aliphatic heterocycles. The molecule has 0 N–H and O–H groups in total. The molecule has 4 aliphatic carbocycles. The molecular formula is C52H89NSi. The molecule has 4 aliphatic rings. The Labute approximate surface area is 338 Å². The molecule has 54 heavy (non-hydrogen) atoms. The molecule has 2 heteroatoms. The fourth-order valence-corrected chi connectivity index (χ4v) is 19.4. The monoisotopic (exact) mass is 756 g/mol. The molecule has 1 aromatic rings. The highest BCUT2D eigenvalue weighted by Gasteiger charge is 2.55. The zero-order valence-electron chi connectivity index (χ0n) is 38.3. The summed E-state index contributed by atoms with van der Waals surface area (Å²) in [5.41, 5.74) is 12.1. The van der Waals surface area contributed by atoms with Crippen LogP contribution in [0.2, 0.25) is 18.6 Å². The molecule has 1 aromatic carbocycles. The topological polar surface area (TPSA) is 3.24 Å². The molecule has 4 atom stereocenters. The Morgan fingerprint density at radius 2 is 1.13 bits per heavy atom. The Morgan fingerprint density at radius 3 is 1.65 bits per heavy atom. The second-order valence-corrected chi connectivity index (χ2v) is 26.7. The van der Waals surface area contributed by atoms with Crippen LogP contribution in [0, 0.1) is 17.3 Å². The van der Waals surface area contributed by atoms with Crippen molar-refractivity contribution in [2.24, 2.45) is 17.3 Å². The van der Waals surface area contributed by atoms with Crippen LogP contribution in [0.3, 0.4) is 0 Å². The van der Waals surface area contributed by atoms with Crippen LogP contribution in [0.4, 0.5) is 0 Å². The summed E-state index contributed by atoms with van der Waals surface area (Å²) in [6.07, 6.45) is 37.8.